The molecule has 4 nitrogen and oxygen atoms in total. The first kappa shape index (κ1) is 10.9. The van der Waals surface area contributed by atoms with Crippen molar-refractivity contribution in [2.75, 3.05) is 7.05 Å². The Morgan fingerprint density at radius 3 is 3.19 bits per heavy atom. The van der Waals surface area contributed by atoms with Gasteiger partial charge in [-0.1, -0.05) is 6.07 Å². The molecule has 0 aliphatic heterocycles. The first-order chi connectivity index (χ1) is 7.79. The maximum Gasteiger partial charge on any atom is 0.239 e. The third kappa shape index (κ3) is 2.49. The molecule has 5 heteroatoms. The molecule has 0 saturated heterocycles. The van der Waals surface area contributed by atoms with Gasteiger partial charge in [0.15, 0.2) is 0 Å². The third-order valence-corrected chi connectivity index (χ3v) is 3.18. The van der Waals surface area contributed by atoms with Gasteiger partial charge >= 0.3 is 0 Å². The molecule has 2 heterocycles. The van der Waals surface area contributed by atoms with Crippen molar-refractivity contribution in [3.8, 4) is 0 Å². The van der Waals surface area contributed by atoms with Crippen molar-refractivity contribution in [3.05, 3.63) is 40.6 Å². The average molecular weight is 235 g/mol. The molecule has 2 rings (SSSR count). The Balaban J connectivity index is 2.10. The van der Waals surface area contributed by atoms with Crippen molar-refractivity contribution in [2.24, 2.45) is 0 Å². The van der Waals surface area contributed by atoms with E-state index in [1.807, 2.05) is 22.2 Å². The van der Waals surface area contributed by atoms with Gasteiger partial charge in [-0.2, -0.15) is 0 Å². The van der Waals surface area contributed by atoms with Crippen molar-refractivity contribution >= 4 is 17.2 Å². The molecule has 84 valence electrons. The van der Waals surface area contributed by atoms with Gasteiger partial charge in [0, 0.05) is 30.7 Å². The van der Waals surface area contributed by atoms with Crippen molar-refractivity contribution in [3.63, 3.8) is 0 Å². The largest absolute Gasteiger partial charge is 0.358 e. The normalized spacial score (nSPS) is 10.3. The predicted molar refractivity (Wildman–Crippen MR) is 63.4 cm³/mol. The molecule has 0 atom stereocenters. The Hall–Kier alpha value is -1.62. The second-order valence-corrected chi connectivity index (χ2v) is 4.43. The van der Waals surface area contributed by atoms with E-state index in [0.29, 0.717) is 6.54 Å². The molecule has 16 heavy (non-hydrogen) atoms. The van der Waals surface area contributed by atoms with Crippen LogP contribution in [0, 0.1) is 0 Å². The molecule has 1 N–H and O–H groups in total. The van der Waals surface area contributed by atoms with Crippen LogP contribution < -0.4 is 5.32 Å². The highest BCUT2D eigenvalue weighted by molar-refractivity contribution is 7.09. The topological polar surface area (TPSA) is 46.9 Å². The monoisotopic (exact) mass is 235 g/mol. The number of hydrogen-bond acceptors (Lipinski definition) is 3. The summed E-state index contributed by atoms with van der Waals surface area (Å²) in [7, 11) is 1.64. The van der Waals surface area contributed by atoms with Crippen molar-refractivity contribution in [1.29, 1.82) is 0 Å². The number of thiophene rings is 1. The van der Waals surface area contributed by atoms with Crippen LogP contribution >= 0.6 is 11.3 Å². The van der Waals surface area contributed by atoms with E-state index in [9.17, 15) is 4.79 Å². The zero-order chi connectivity index (χ0) is 11.4. The minimum Gasteiger partial charge on any atom is -0.358 e. The fraction of sp³-hybridized carbons (Fsp3) is 0.273. The van der Waals surface area contributed by atoms with E-state index in [2.05, 4.69) is 16.4 Å². The van der Waals surface area contributed by atoms with Gasteiger partial charge in [0.1, 0.15) is 12.4 Å². The van der Waals surface area contributed by atoms with Crippen molar-refractivity contribution in [1.82, 2.24) is 14.9 Å². The van der Waals surface area contributed by atoms with E-state index in [4.69, 9.17) is 0 Å². The third-order valence-electron chi connectivity index (χ3n) is 2.31. The number of amides is 1. The number of likely N-dealkylation sites (N-methyl/N-ethyl adjacent to an activating group) is 1. The predicted octanol–water partition coefficient (Wildman–Crippen LogP) is 1.28. The number of nitrogens with zero attached hydrogens (tertiary/aromatic N) is 2. The van der Waals surface area contributed by atoms with E-state index in [-0.39, 0.29) is 5.91 Å². The van der Waals surface area contributed by atoms with Crippen LogP contribution in [0.25, 0.3) is 0 Å². The van der Waals surface area contributed by atoms with Crippen LogP contribution in [0.4, 0.5) is 0 Å². The molecule has 0 aliphatic carbocycles. The number of imidazole rings is 1. The van der Waals surface area contributed by atoms with Gasteiger partial charge in [-0.05, 0) is 11.4 Å². The van der Waals surface area contributed by atoms with Crippen LogP contribution in [0.2, 0.25) is 0 Å². The van der Waals surface area contributed by atoms with Gasteiger partial charge in [0.05, 0.1) is 0 Å². The summed E-state index contributed by atoms with van der Waals surface area (Å²) < 4.78 is 1.87. The second kappa shape index (κ2) is 4.94. The van der Waals surface area contributed by atoms with E-state index < -0.39 is 0 Å². The van der Waals surface area contributed by atoms with Gasteiger partial charge in [0.2, 0.25) is 5.91 Å². The maximum absolute atomic E-state index is 11.3. The van der Waals surface area contributed by atoms with Gasteiger partial charge in [-0.3, -0.25) is 4.79 Å². The van der Waals surface area contributed by atoms with Gasteiger partial charge in [0.25, 0.3) is 0 Å². The van der Waals surface area contributed by atoms with Gasteiger partial charge < -0.3 is 9.88 Å². The Morgan fingerprint density at radius 1 is 1.62 bits per heavy atom. The lowest BCUT2D eigenvalue weighted by atomic mass is 10.3. The summed E-state index contributed by atoms with van der Waals surface area (Å²) >= 11 is 1.70. The standard InChI is InChI=1S/C11H13N3OS/c1-12-11(15)8-14-5-4-13-10(14)7-9-3-2-6-16-9/h2-6H,7-8H2,1H3,(H,12,15). The molecule has 0 aliphatic rings. The molecule has 0 unspecified atom stereocenters. The Labute approximate surface area is 97.9 Å². The average Bonchev–Trinajstić information content (AvgIpc) is 2.92. The smallest absolute Gasteiger partial charge is 0.239 e. The first-order valence-electron chi connectivity index (χ1n) is 5.02. The van der Waals surface area contributed by atoms with E-state index in [0.717, 1.165) is 12.2 Å². The molecule has 2 aromatic heterocycles. The lowest BCUT2D eigenvalue weighted by molar-refractivity contribution is -0.121. The summed E-state index contributed by atoms with van der Waals surface area (Å²) in [4.78, 5) is 16.8. The second-order valence-electron chi connectivity index (χ2n) is 3.40. The van der Waals surface area contributed by atoms with Gasteiger partial charge in [-0.15, -0.1) is 11.3 Å². The quantitative estimate of drug-likeness (QED) is 0.867. The summed E-state index contributed by atoms with van der Waals surface area (Å²) in [5, 5.41) is 4.65. The summed E-state index contributed by atoms with van der Waals surface area (Å²) in [6.45, 7) is 0.331. The number of carbonyl (C=O) groups excluding carboxylic acids is 1. The highest BCUT2D eigenvalue weighted by atomic mass is 32.1. The first-order valence-corrected chi connectivity index (χ1v) is 5.90. The summed E-state index contributed by atoms with van der Waals surface area (Å²) in [5.41, 5.74) is 0. The number of hydrogen-bond donors (Lipinski definition) is 1. The van der Waals surface area contributed by atoms with Crippen LogP contribution in [-0.2, 0) is 17.8 Å². The highest BCUT2D eigenvalue weighted by Gasteiger charge is 2.07. The fourth-order valence-electron chi connectivity index (χ4n) is 1.45. The molecule has 1 amide bonds. The Bertz CT molecular complexity index is 461. The molecule has 0 bridgehead atoms. The molecule has 0 saturated carbocycles. The summed E-state index contributed by atoms with van der Waals surface area (Å²) in [6.07, 6.45) is 4.34. The summed E-state index contributed by atoms with van der Waals surface area (Å²) in [5.74, 6) is 0.913. The van der Waals surface area contributed by atoms with Crippen LogP contribution in [0.1, 0.15) is 10.7 Å². The SMILES string of the molecule is CNC(=O)Cn1ccnc1Cc1cccs1. The minimum absolute atomic E-state index is 0.00886. The zero-order valence-corrected chi connectivity index (χ0v) is 9.83. The van der Waals surface area contributed by atoms with Crippen LogP contribution in [-0.4, -0.2) is 22.5 Å². The van der Waals surface area contributed by atoms with Crippen molar-refractivity contribution < 1.29 is 4.79 Å². The zero-order valence-electron chi connectivity index (χ0n) is 9.01. The molecule has 0 aromatic carbocycles. The number of aromatic nitrogens is 2. The lowest BCUT2D eigenvalue weighted by Crippen LogP contribution is -2.24. The van der Waals surface area contributed by atoms with Crippen molar-refractivity contribution in [2.45, 2.75) is 13.0 Å². The number of nitrogens with one attached hydrogen (secondary N) is 1. The summed E-state index contributed by atoms with van der Waals surface area (Å²) in [6, 6.07) is 4.09. The Morgan fingerprint density at radius 2 is 2.50 bits per heavy atom. The molecule has 0 radical (unpaired) electrons. The van der Waals surface area contributed by atoms with E-state index in [1.54, 1.807) is 24.6 Å². The molecular formula is C11H13N3OS. The maximum atomic E-state index is 11.3. The van der Waals surface area contributed by atoms with Crippen LogP contribution in [0.5, 0.6) is 0 Å². The molecule has 0 fully saturated rings. The lowest BCUT2D eigenvalue weighted by Gasteiger charge is -2.05. The fourth-order valence-corrected chi connectivity index (χ4v) is 2.16. The molecular weight excluding hydrogens is 222 g/mol. The van der Waals surface area contributed by atoms with Crippen LogP contribution in [0.15, 0.2) is 29.9 Å². The highest BCUT2D eigenvalue weighted by Crippen LogP contribution is 2.13. The van der Waals surface area contributed by atoms with E-state index in [1.165, 1.54) is 4.88 Å². The number of carbonyl (C=O) groups is 1. The molecule has 0 spiro atoms. The van der Waals surface area contributed by atoms with E-state index >= 15 is 0 Å². The molecule has 2 aromatic rings. The van der Waals surface area contributed by atoms with Crippen LogP contribution in [0.3, 0.4) is 0 Å². The Kier molecular flexibility index (Phi) is 3.36. The number of rotatable bonds is 4. The minimum atomic E-state index is -0.00886. The van der Waals surface area contributed by atoms with Gasteiger partial charge in [-0.25, -0.2) is 4.98 Å².